The highest BCUT2D eigenvalue weighted by molar-refractivity contribution is 5.89. The average Bonchev–Trinajstić information content (AvgIpc) is 1.43. The molecule has 1 aromatic rings. The predicted molar refractivity (Wildman–Crippen MR) is 310 cm³/mol. The normalized spacial score (nSPS) is 27.1. The van der Waals surface area contributed by atoms with E-state index in [0.717, 1.165) is 6.42 Å². The maximum absolute atomic E-state index is 12.4. The quantitative estimate of drug-likeness (QED) is 0.0531. The number of nitrogens with one attached hydrogen (secondary N) is 3. The Hall–Kier alpha value is -5.04. The van der Waals surface area contributed by atoms with Gasteiger partial charge in [-0.1, -0.05) is 48.5 Å². The summed E-state index contributed by atoms with van der Waals surface area (Å²) in [4.78, 5) is 72.5. The number of hydrogen-bond acceptors (Lipinski definition) is 23. The first-order chi connectivity index (χ1) is 41.7. The molecule has 3 aliphatic heterocycles. The summed E-state index contributed by atoms with van der Waals surface area (Å²) in [7, 11) is 0. The molecule has 498 valence electrons. The van der Waals surface area contributed by atoms with Crippen LogP contribution in [0.5, 0.6) is 17.2 Å². The van der Waals surface area contributed by atoms with Crippen molar-refractivity contribution in [3.05, 3.63) is 17.7 Å². The fourth-order valence-corrected chi connectivity index (χ4v) is 10.5. The number of rotatable bonds is 42. The maximum atomic E-state index is 12.4. The molecule has 0 saturated carbocycles. The van der Waals surface area contributed by atoms with Gasteiger partial charge in [0, 0.05) is 46.5 Å². The van der Waals surface area contributed by atoms with Gasteiger partial charge in [0.2, 0.25) is 23.5 Å². The molecule has 0 aromatic heterocycles. The van der Waals surface area contributed by atoms with E-state index in [0.29, 0.717) is 12.8 Å². The second kappa shape index (κ2) is 40.6. The van der Waals surface area contributed by atoms with Gasteiger partial charge >= 0.3 is 17.9 Å². The molecule has 87 heavy (non-hydrogen) atoms. The van der Waals surface area contributed by atoms with Crippen LogP contribution >= 0.6 is 0 Å². The van der Waals surface area contributed by atoms with Crippen molar-refractivity contribution in [3.8, 4) is 17.2 Å². The van der Waals surface area contributed by atoms with E-state index < -0.39 is 61.1 Å². The van der Waals surface area contributed by atoms with Crippen LogP contribution in [0.4, 0.5) is 0 Å². The minimum absolute atomic E-state index is 0.00534. The Morgan fingerprint density at radius 1 is 0.414 bits per heavy atom. The third-order valence-corrected chi connectivity index (χ3v) is 15.0. The molecule has 27 nitrogen and oxygen atoms in total. The summed E-state index contributed by atoms with van der Waals surface area (Å²) >= 11 is 0. The standard InChI is InChI=1S/C60H99N3O24/c1-13-46-36(4)37(5)51(61-40(8)64)58(85-46)80-31-25-74-19-16-71-22-28-77-49-34-45(57(69)70)35-50(78-29-23-72-17-20-75-26-32-81-59-52(62-41(9)65)54(83-43(11)67)38(6)47(14-2)86-59)56(49)79-30-24-73-18-21-76-27-33-82-60-53(63-42(10)66)55(84-44(12)68)39(7)48(15-3)87-60/h34-39,46-48,51-55,58-60H,13-33H2,1-12H3,(H,61,64)(H,62,65)(H,63,66)(H,69,70)/t36-,37+,38+,39+,46-,47-,48-,51-,52-,53-,54+,55+,58-,59-,60-/m1/s1. The summed E-state index contributed by atoms with van der Waals surface area (Å²) in [6.45, 7) is 23.4. The van der Waals surface area contributed by atoms with Gasteiger partial charge in [0.05, 0.1) is 129 Å². The van der Waals surface area contributed by atoms with Crippen LogP contribution in [0.3, 0.4) is 0 Å². The van der Waals surface area contributed by atoms with Crippen LogP contribution in [-0.2, 0) is 90.3 Å². The molecule has 3 aliphatic rings. The Kier molecular flexibility index (Phi) is 34.7. The second-order valence-corrected chi connectivity index (χ2v) is 21.6. The van der Waals surface area contributed by atoms with Gasteiger partial charge in [-0.3, -0.25) is 24.0 Å². The minimum Gasteiger partial charge on any atom is -0.487 e. The number of benzene rings is 1. The molecule has 4 N–H and O–H groups in total. The molecule has 0 spiro atoms. The van der Waals surface area contributed by atoms with Crippen LogP contribution in [0.2, 0.25) is 0 Å². The highest BCUT2D eigenvalue weighted by Gasteiger charge is 2.48. The minimum atomic E-state index is -1.23. The number of carboxylic acids is 1. The second-order valence-electron chi connectivity index (χ2n) is 21.6. The molecule has 27 heteroatoms. The molecule has 4 rings (SSSR count). The van der Waals surface area contributed by atoms with E-state index in [2.05, 4.69) is 36.7 Å². The Bertz CT molecular complexity index is 2210. The Morgan fingerprint density at radius 3 is 1.03 bits per heavy atom. The summed E-state index contributed by atoms with van der Waals surface area (Å²) in [6, 6.07) is 0.915. The predicted octanol–water partition coefficient (Wildman–Crippen LogP) is 4.00. The Morgan fingerprint density at radius 2 is 0.713 bits per heavy atom. The van der Waals surface area contributed by atoms with E-state index in [1.54, 1.807) is 0 Å². The fourth-order valence-electron chi connectivity index (χ4n) is 10.5. The largest absolute Gasteiger partial charge is 0.487 e. The number of carboxylic acid groups (broad SMARTS) is 1. The van der Waals surface area contributed by atoms with Crippen molar-refractivity contribution in [2.45, 2.75) is 170 Å². The van der Waals surface area contributed by atoms with Gasteiger partial charge in [-0.25, -0.2) is 4.79 Å². The first-order valence-corrected chi connectivity index (χ1v) is 30.4. The van der Waals surface area contributed by atoms with E-state index in [4.69, 9.17) is 80.5 Å². The van der Waals surface area contributed by atoms with Crippen molar-refractivity contribution in [3.63, 3.8) is 0 Å². The van der Waals surface area contributed by atoms with Gasteiger partial charge < -0.3 is 102 Å². The van der Waals surface area contributed by atoms with Gasteiger partial charge in [-0.2, -0.15) is 0 Å². The number of ether oxygens (including phenoxy) is 17. The number of aromatic carboxylic acids is 1. The third kappa shape index (κ3) is 25.8. The van der Waals surface area contributed by atoms with Gasteiger partial charge in [-0.05, 0) is 43.2 Å². The fraction of sp³-hybridized carbons (Fsp3) is 0.800. The zero-order valence-corrected chi connectivity index (χ0v) is 53.0. The molecule has 3 fully saturated rings. The van der Waals surface area contributed by atoms with E-state index in [1.165, 1.54) is 46.8 Å². The lowest BCUT2D eigenvalue weighted by atomic mass is 9.81. The lowest BCUT2D eigenvalue weighted by Crippen LogP contribution is -2.62. The summed E-state index contributed by atoms with van der Waals surface area (Å²) in [5.41, 5.74) is -0.123. The van der Waals surface area contributed by atoms with Crippen LogP contribution in [0.1, 0.15) is 113 Å². The summed E-state index contributed by atoms with van der Waals surface area (Å²) < 4.78 is 101. The van der Waals surface area contributed by atoms with Crippen molar-refractivity contribution in [1.82, 2.24) is 16.0 Å². The zero-order valence-electron chi connectivity index (χ0n) is 53.0. The number of hydrogen-bond donors (Lipinski definition) is 4. The highest BCUT2D eigenvalue weighted by atomic mass is 16.7. The molecule has 0 radical (unpaired) electrons. The number of carbonyl (C=O) groups excluding carboxylic acids is 5. The molecule has 3 amide bonds. The van der Waals surface area contributed by atoms with Gasteiger partial charge in [0.25, 0.3) is 0 Å². The van der Waals surface area contributed by atoms with Crippen molar-refractivity contribution in [2.75, 3.05) is 119 Å². The Balaban J connectivity index is 1.27. The SMILES string of the molecule is CC[C@H]1O[C@@H](OCCOCCOCCOc2cc(C(=O)O)cc(OCCOCCOCCO[C@@H]3O[C@H](CC)[C@H](C)[C@H](OC(C)=O)[C@H]3NC(C)=O)c2OCCOCCOCCO[C@@H]2O[C@H](CC)[C@H](C)[C@H](OC(C)=O)[C@H]2NC(C)=O)[C@H](NC(C)=O)[C@@H](C)[C@H]1C. The molecule has 0 unspecified atom stereocenters. The lowest BCUT2D eigenvalue weighted by Gasteiger charge is -2.44. The van der Waals surface area contributed by atoms with E-state index in [9.17, 15) is 33.9 Å². The number of carbonyl (C=O) groups is 6. The highest BCUT2D eigenvalue weighted by Crippen LogP contribution is 2.40. The first-order valence-electron chi connectivity index (χ1n) is 30.4. The molecule has 0 bridgehead atoms. The molecule has 1 aromatic carbocycles. The monoisotopic (exact) mass is 1250 g/mol. The van der Waals surface area contributed by atoms with Crippen molar-refractivity contribution < 1.29 is 114 Å². The lowest BCUT2D eigenvalue weighted by molar-refractivity contribution is -0.256. The molecule has 0 aliphatic carbocycles. The first kappa shape index (κ1) is 74.4. The zero-order chi connectivity index (χ0) is 63.8. The van der Waals surface area contributed by atoms with E-state index in [-0.39, 0.29) is 207 Å². The van der Waals surface area contributed by atoms with Gasteiger partial charge in [0.15, 0.2) is 30.4 Å². The molecule has 15 atom stereocenters. The smallest absolute Gasteiger partial charge is 0.335 e. The van der Waals surface area contributed by atoms with E-state index >= 15 is 0 Å². The van der Waals surface area contributed by atoms with Crippen molar-refractivity contribution >= 4 is 35.6 Å². The summed E-state index contributed by atoms with van der Waals surface area (Å²) in [6.07, 6.45) is -2.09. The molecular weight excluding hydrogens is 1150 g/mol. The topological polar surface area (TPSA) is 316 Å². The van der Waals surface area contributed by atoms with Crippen LogP contribution in [-0.4, -0.2) is 227 Å². The summed E-state index contributed by atoms with van der Waals surface area (Å²) in [5, 5.41) is 18.7. The summed E-state index contributed by atoms with van der Waals surface area (Å²) in [5.74, 6) is -2.68. The average molecular weight is 1250 g/mol. The van der Waals surface area contributed by atoms with Crippen LogP contribution in [0.15, 0.2) is 12.1 Å². The van der Waals surface area contributed by atoms with Crippen LogP contribution < -0.4 is 30.2 Å². The Labute approximate surface area is 511 Å². The van der Waals surface area contributed by atoms with Gasteiger partial charge in [0.1, 0.15) is 44.1 Å². The van der Waals surface area contributed by atoms with Crippen LogP contribution in [0.25, 0.3) is 0 Å². The molecule has 3 saturated heterocycles. The van der Waals surface area contributed by atoms with Crippen molar-refractivity contribution in [2.24, 2.45) is 23.7 Å². The van der Waals surface area contributed by atoms with Crippen molar-refractivity contribution in [1.29, 1.82) is 0 Å². The van der Waals surface area contributed by atoms with Gasteiger partial charge in [-0.15, -0.1) is 0 Å². The molecular formula is C60H99N3O24. The third-order valence-electron chi connectivity index (χ3n) is 15.0. The molecule has 3 heterocycles. The van der Waals surface area contributed by atoms with E-state index in [1.807, 2.05) is 27.7 Å². The van der Waals surface area contributed by atoms with Crippen LogP contribution in [0, 0.1) is 23.7 Å². The number of amides is 3. The maximum Gasteiger partial charge on any atom is 0.335 e. The number of esters is 2.